The monoisotopic (exact) mass is 283 g/mol. The van der Waals surface area contributed by atoms with Crippen LogP contribution in [0.25, 0.3) is 0 Å². The lowest BCUT2D eigenvalue weighted by Gasteiger charge is -2.47. The van der Waals surface area contributed by atoms with Crippen molar-refractivity contribution in [2.45, 2.75) is 25.3 Å². The third-order valence-electron chi connectivity index (χ3n) is 4.69. The molecule has 3 heterocycles. The summed E-state index contributed by atoms with van der Waals surface area (Å²) in [7, 11) is 0. The van der Waals surface area contributed by atoms with E-state index in [0.29, 0.717) is 17.9 Å². The van der Waals surface area contributed by atoms with E-state index in [1.807, 2.05) is 11.8 Å². The Balaban J connectivity index is 1.38. The van der Waals surface area contributed by atoms with Crippen LogP contribution < -0.4 is 5.32 Å². The minimum atomic E-state index is 0.406. The predicted octanol–water partition coefficient (Wildman–Crippen LogP) is 0.636. The topological polar surface area (TPSA) is 35.6 Å². The first-order chi connectivity index (χ1) is 9.33. The second-order valence-electron chi connectivity index (χ2n) is 6.00. The summed E-state index contributed by atoms with van der Waals surface area (Å²) in [5.74, 6) is 3.57. The molecule has 3 saturated heterocycles. The molecule has 3 aliphatic heterocycles. The number of hydrogen-bond donors (Lipinski definition) is 1. The minimum Gasteiger partial charge on any atom is -0.339 e. The van der Waals surface area contributed by atoms with E-state index in [-0.39, 0.29) is 0 Å². The Kier molecular flexibility index (Phi) is 4.66. The fourth-order valence-corrected chi connectivity index (χ4v) is 4.47. The first-order valence-electron chi connectivity index (χ1n) is 7.63. The molecule has 1 N–H and O–H groups in total. The number of hydrogen-bond acceptors (Lipinski definition) is 4. The highest BCUT2D eigenvalue weighted by Gasteiger charge is 2.35. The fourth-order valence-electron chi connectivity index (χ4n) is 3.26. The van der Waals surface area contributed by atoms with Gasteiger partial charge in [-0.2, -0.15) is 11.8 Å². The van der Waals surface area contributed by atoms with Gasteiger partial charge in [-0.1, -0.05) is 0 Å². The van der Waals surface area contributed by atoms with E-state index in [0.717, 1.165) is 45.7 Å². The minimum absolute atomic E-state index is 0.406. The number of piperazine rings is 1. The van der Waals surface area contributed by atoms with Gasteiger partial charge in [0.05, 0.1) is 0 Å². The van der Waals surface area contributed by atoms with Crippen molar-refractivity contribution in [2.75, 3.05) is 50.8 Å². The maximum Gasteiger partial charge on any atom is 0.222 e. The summed E-state index contributed by atoms with van der Waals surface area (Å²) in [6.45, 7) is 6.44. The average Bonchev–Trinajstić information content (AvgIpc) is 2.39. The van der Waals surface area contributed by atoms with E-state index < -0.39 is 0 Å². The molecule has 1 amide bonds. The second kappa shape index (κ2) is 6.46. The lowest BCUT2D eigenvalue weighted by Crippen LogP contribution is -2.64. The van der Waals surface area contributed by atoms with Gasteiger partial charge in [-0.15, -0.1) is 0 Å². The molecule has 0 radical (unpaired) electrons. The van der Waals surface area contributed by atoms with Crippen LogP contribution in [0, 0.1) is 5.92 Å². The van der Waals surface area contributed by atoms with Gasteiger partial charge in [0.2, 0.25) is 5.91 Å². The molecule has 0 aliphatic carbocycles. The molecule has 0 aromatic heterocycles. The third-order valence-corrected chi connectivity index (χ3v) is 5.74. The first kappa shape index (κ1) is 13.7. The summed E-state index contributed by atoms with van der Waals surface area (Å²) >= 11 is 2.04. The summed E-state index contributed by atoms with van der Waals surface area (Å²) in [5.41, 5.74) is 0. The molecule has 0 aromatic carbocycles. The van der Waals surface area contributed by atoms with Gasteiger partial charge in [0, 0.05) is 51.7 Å². The third kappa shape index (κ3) is 3.44. The molecule has 0 unspecified atom stereocenters. The molecule has 4 nitrogen and oxygen atoms in total. The maximum absolute atomic E-state index is 12.2. The molecule has 0 saturated carbocycles. The van der Waals surface area contributed by atoms with Crippen LogP contribution in [0.15, 0.2) is 0 Å². The van der Waals surface area contributed by atoms with E-state index in [9.17, 15) is 4.79 Å². The Bertz CT molecular complexity index is 308. The number of nitrogens with one attached hydrogen (secondary N) is 1. The molecule has 3 rings (SSSR count). The zero-order valence-electron chi connectivity index (χ0n) is 11.6. The van der Waals surface area contributed by atoms with Crippen molar-refractivity contribution in [3.63, 3.8) is 0 Å². The van der Waals surface area contributed by atoms with Crippen LogP contribution in [0.2, 0.25) is 0 Å². The van der Waals surface area contributed by atoms with Gasteiger partial charge in [-0.05, 0) is 30.3 Å². The molecule has 0 atom stereocenters. The summed E-state index contributed by atoms with van der Waals surface area (Å²) in [4.78, 5) is 16.8. The van der Waals surface area contributed by atoms with E-state index in [1.165, 1.54) is 24.3 Å². The normalized spacial score (nSPS) is 27.3. The van der Waals surface area contributed by atoms with Crippen LogP contribution in [0.3, 0.4) is 0 Å². The van der Waals surface area contributed by atoms with Gasteiger partial charge in [0.1, 0.15) is 0 Å². The summed E-state index contributed by atoms with van der Waals surface area (Å²) in [6.07, 6.45) is 3.28. The number of thioether (sulfide) groups is 1. The van der Waals surface area contributed by atoms with Crippen LogP contribution >= 0.6 is 11.8 Å². The smallest absolute Gasteiger partial charge is 0.222 e. The largest absolute Gasteiger partial charge is 0.339 e. The Morgan fingerprint density at radius 3 is 2.53 bits per heavy atom. The molecule has 108 valence electrons. The van der Waals surface area contributed by atoms with Crippen molar-refractivity contribution in [1.29, 1.82) is 0 Å². The van der Waals surface area contributed by atoms with Gasteiger partial charge in [-0.3, -0.25) is 9.69 Å². The fraction of sp³-hybridized carbons (Fsp3) is 0.929. The van der Waals surface area contributed by atoms with Crippen molar-refractivity contribution < 1.29 is 4.79 Å². The Morgan fingerprint density at radius 2 is 1.84 bits per heavy atom. The standard InChI is InChI=1S/C14H25N3OS/c18-14(9-12-1-7-19-8-2-12)17-10-13(11-17)16-5-3-15-4-6-16/h12-13,15H,1-11H2. The van der Waals surface area contributed by atoms with E-state index in [2.05, 4.69) is 15.1 Å². The highest BCUT2D eigenvalue weighted by atomic mass is 32.2. The number of carbonyl (C=O) groups excluding carboxylic acids is 1. The Morgan fingerprint density at radius 1 is 1.16 bits per heavy atom. The molecular weight excluding hydrogens is 258 g/mol. The van der Waals surface area contributed by atoms with Crippen molar-refractivity contribution in [3.05, 3.63) is 0 Å². The highest BCUT2D eigenvalue weighted by Crippen LogP contribution is 2.27. The first-order valence-corrected chi connectivity index (χ1v) is 8.78. The highest BCUT2D eigenvalue weighted by molar-refractivity contribution is 7.99. The molecule has 5 heteroatoms. The summed E-state index contributed by atoms with van der Waals surface area (Å²) < 4.78 is 0. The van der Waals surface area contributed by atoms with Gasteiger partial charge < -0.3 is 10.2 Å². The molecule has 0 aromatic rings. The van der Waals surface area contributed by atoms with Crippen LogP contribution in [0.1, 0.15) is 19.3 Å². The number of rotatable bonds is 3. The summed E-state index contributed by atoms with van der Waals surface area (Å²) in [5, 5.41) is 3.38. The maximum atomic E-state index is 12.2. The van der Waals surface area contributed by atoms with E-state index >= 15 is 0 Å². The van der Waals surface area contributed by atoms with Gasteiger partial charge in [-0.25, -0.2) is 0 Å². The Labute approximate surface area is 120 Å². The summed E-state index contributed by atoms with van der Waals surface area (Å²) in [6, 6.07) is 0.632. The van der Waals surface area contributed by atoms with Crippen molar-refractivity contribution in [3.8, 4) is 0 Å². The molecule has 19 heavy (non-hydrogen) atoms. The lowest BCUT2D eigenvalue weighted by atomic mass is 9.96. The number of carbonyl (C=O) groups is 1. The molecule has 0 spiro atoms. The van der Waals surface area contributed by atoms with Crippen molar-refractivity contribution in [2.24, 2.45) is 5.92 Å². The van der Waals surface area contributed by atoms with Gasteiger partial charge in [0.15, 0.2) is 0 Å². The molecular formula is C14H25N3OS. The SMILES string of the molecule is O=C(CC1CCSCC1)N1CC(N2CCNCC2)C1. The van der Waals surface area contributed by atoms with E-state index in [4.69, 9.17) is 0 Å². The zero-order valence-corrected chi connectivity index (χ0v) is 12.5. The Hall–Kier alpha value is -0.260. The van der Waals surface area contributed by atoms with Crippen LogP contribution in [0.5, 0.6) is 0 Å². The van der Waals surface area contributed by atoms with Crippen LogP contribution in [-0.4, -0.2) is 72.5 Å². The quantitative estimate of drug-likeness (QED) is 0.824. The molecule has 0 bridgehead atoms. The number of amides is 1. The lowest BCUT2D eigenvalue weighted by molar-refractivity contribution is -0.139. The van der Waals surface area contributed by atoms with E-state index in [1.54, 1.807) is 0 Å². The predicted molar refractivity (Wildman–Crippen MR) is 79.5 cm³/mol. The molecule has 3 aliphatic rings. The van der Waals surface area contributed by atoms with Crippen molar-refractivity contribution >= 4 is 17.7 Å². The van der Waals surface area contributed by atoms with Gasteiger partial charge >= 0.3 is 0 Å². The number of nitrogens with zero attached hydrogens (tertiary/aromatic N) is 2. The zero-order chi connectivity index (χ0) is 13.1. The van der Waals surface area contributed by atoms with Crippen LogP contribution in [-0.2, 0) is 4.79 Å². The van der Waals surface area contributed by atoms with Crippen LogP contribution in [0.4, 0.5) is 0 Å². The van der Waals surface area contributed by atoms with Gasteiger partial charge in [0.25, 0.3) is 0 Å². The second-order valence-corrected chi connectivity index (χ2v) is 7.22. The number of likely N-dealkylation sites (tertiary alicyclic amines) is 1. The molecule has 3 fully saturated rings. The van der Waals surface area contributed by atoms with Crippen molar-refractivity contribution in [1.82, 2.24) is 15.1 Å². The average molecular weight is 283 g/mol.